The second kappa shape index (κ2) is 13.0. The third-order valence-corrected chi connectivity index (χ3v) is 8.12. The Morgan fingerprint density at radius 3 is 2.16 bits per heavy atom. The summed E-state index contributed by atoms with van der Waals surface area (Å²) in [5.41, 5.74) is 14.7. The molecule has 45 heavy (non-hydrogen) atoms. The van der Waals surface area contributed by atoms with E-state index in [1.807, 2.05) is 89.6 Å². The Bertz CT molecular complexity index is 1770. The minimum atomic E-state index is -1.05. The van der Waals surface area contributed by atoms with E-state index in [1.165, 1.54) is 6.33 Å². The number of aromatic nitrogens is 3. The monoisotopic (exact) mass is 605 g/mol. The van der Waals surface area contributed by atoms with E-state index < -0.39 is 24.0 Å². The Balaban J connectivity index is 1.37. The number of nitrogens with zero attached hydrogens (tertiary/aromatic N) is 3. The SMILES string of the molecule is COc1ccc(C(OC[C@H]2O[C@@H](n3cc(C#CCN)c4c(N)ncnc43)C[C@@H]2O)(c2ccccc2)c2ccc(OC)cc2)cc1. The van der Waals surface area contributed by atoms with Gasteiger partial charge in [-0.15, -0.1) is 0 Å². The van der Waals surface area contributed by atoms with Crippen LogP contribution in [0.4, 0.5) is 5.82 Å². The Morgan fingerprint density at radius 1 is 0.933 bits per heavy atom. The molecule has 0 spiro atoms. The predicted octanol–water partition coefficient (Wildman–Crippen LogP) is 4.00. The molecule has 1 aliphatic heterocycles. The van der Waals surface area contributed by atoms with Crippen molar-refractivity contribution in [2.75, 3.05) is 33.1 Å². The highest BCUT2D eigenvalue weighted by Gasteiger charge is 2.42. The van der Waals surface area contributed by atoms with Crippen LogP contribution in [-0.4, -0.2) is 59.2 Å². The summed E-state index contributed by atoms with van der Waals surface area (Å²) in [6.45, 7) is 0.282. The van der Waals surface area contributed by atoms with Crippen molar-refractivity contribution in [1.29, 1.82) is 0 Å². The molecule has 0 saturated carbocycles. The predicted molar refractivity (Wildman–Crippen MR) is 171 cm³/mol. The molecule has 0 unspecified atom stereocenters. The van der Waals surface area contributed by atoms with Crippen LogP contribution < -0.4 is 20.9 Å². The molecule has 230 valence electrons. The van der Waals surface area contributed by atoms with Gasteiger partial charge in [0.05, 0.1) is 44.4 Å². The number of fused-ring (bicyclic) bond motifs is 1. The van der Waals surface area contributed by atoms with E-state index in [0.29, 0.717) is 28.8 Å². The zero-order valence-electron chi connectivity index (χ0n) is 25.1. The maximum Gasteiger partial charge on any atom is 0.148 e. The minimum absolute atomic E-state index is 0.0841. The highest BCUT2D eigenvalue weighted by atomic mass is 16.6. The van der Waals surface area contributed by atoms with Crippen molar-refractivity contribution in [1.82, 2.24) is 14.5 Å². The largest absolute Gasteiger partial charge is 0.497 e. The van der Waals surface area contributed by atoms with Crippen LogP contribution in [0.15, 0.2) is 91.4 Å². The molecule has 0 radical (unpaired) electrons. The molecule has 3 aromatic carbocycles. The number of rotatable bonds is 9. The summed E-state index contributed by atoms with van der Waals surface area (Å²) in [5, 5.41) is 11.9. The van der Waals surface area contributed by atoms with Crippen LogP contribution in [0, 0.1) is 11.8 Å². The van der Waals surface area contributed by atoms with Gasteiger partial charge >= 0.3 is 0 Å². The summed E-state index contributed by atoms with van der Waals surface area (Å²) in [7, 11) is 3.27. The number of hydrogen-bond donors (Lipinski definition) is 3. The maximum atomic E-state index is 11.3. The Labute approximate surface area is 261 Å². The van der Waals surface area contributed by atoms with Gasteiger partial charge < -0.3 is 40.1 Å². The number of nitrogens with two attached hydrogens (primary N) is 2. The molecule has 10 heteroatoms. The highest BCUT2D eigenvalue weighted by Crippen LogP contribution is 2.43. The zero-order valence-corrected chi connectivity index (χ0v) is 25.1. The molecule has 3 heterocycles. The van der Waals surface area contributed by atoms with Gasteiger partial charge in [-0.3, -0.25) is 0 Å². The van der Waals surface area contributed by atoms with Gasteiger partial charge in [-0.05, 0) is 41.0 Å². The first kappa shape index (κ1) is 30.1. The molecule has 0 amide bonds. The summed E-state index contributed by atoms with van der Waals surface area (Å²) in [4.78, 5) is 8.60. The molecule has 10 nitrogen and oxygen atoms in total. The van der Waals surface area contributed by atoms with Crippen molar-refractivity contribution in [3.05, 3.63) is 114 Å². The van der Waals surface area contributed by atoms with Crippen molar-refractivity contribution in [3.8, 4) is 23.3 Å². The third-order valence-electron chi connectivity index (χ3n) is 8.12. The van der Waals surface area contributed by atoms with Crippen molar-refractivity contribution in [2.24, 2.45) is 5.73 Å². The lowest BCUT2D eigenvalue weighted by Crippen LogP contribution is -2.38. The van der Waals surface area contributed by atoms with Gasteiger partial charge in [0.15, 0.2) is 0 Å². The van der Waals surface area contributed by atoms with Crippen LogP contribution in [0.1, 0.15) is 34.9 Å². The minimum Gasteiger partial charge on any atom is -0.497 e. The summed E-state index contributed by atoms with van der Waals surface area (Å²) in [6, 6.07) is 25.6. The Hall–Kier alpha value is -4.92. The van der Waals surface area contributed by atoms with E-state index in [-0.39, 0.29) is 13.2 Å². The van der Waals surface area contributed by atoms with Gasteiger partial charge in [0.1, 0.15) is 47.2 Å². The summed E-state index contributed by atoms with van der Waals surface area (Å²) in [5.74, 6) is 7.69. The van der Waals surface area contributed by atoms with Crippen LogP contribution in [0.25, 0.3) is 11.0 Å². The van der Waals surface area contributed by atoms with Crippen LogP contribution in [0.3, 0.4) is 0 Å². The summed E-state index contributed by atoms with van der Waals surface area (Å²) in [6.07, 6.45) is 1.54. The second-order valence-electron chi connectivity index (χ2n) is 10.7. The molecule has 5 aromatic rings. The average molecular weight is 606 g/mol. The molecule has 6 rings (SSSR count). The lowest BCUT2D eigenvalue weighted by atomic mass is 9.80. The van der Waals surface area contributed by atoms with Gasteiger partial charge in [0.2, 0.25) is 0 Å². The molecule has 2 aromatic heterocycles. The molecular weight excluding hydrogens is 570 g/mol. The molecule has 1 aliphatic rings. The van der Waals surface area contributed by atoms with Crippen molar-refractivity contribution in [3.63, 3.8) is 0 Å². The van der Waals surface area contributed by atoms with Crippen LogP contribution >= 0.6 is 0 Å². The molecule has 1 saturated heterocycles. The zero-order chi connectivity index (χ0) is 31.4. The van der Waals surface area contributed by atoms with Crippen molar-refractivity contribution < 1.29 is 24.1 Å². The molecule has 3 atom stereocenters. The molecule has 1 fully saturated rings. The fourth-order valence-corrected chi connectivity index (χ4v) is 5.89. The van der Waals surface area contributed by atoms with Crippen LogP contribution in [-0.2, 0) is 15.1 Å². The van der Waals surface area contributed by atoms with Crippen LogP contribution in [0.2, 0.25) is 0 Å². The van der Waals surface area contributed by atoms with Crippen molar-refractivity contribution >= 4 is 16.9 Å². The lowest BCUT2D eigenvalue weighted by molar-refractivity contribution is -0.0930. The highest BCUT2D eigenvalue weighted by molar-refractivity contribution is 5.92. The van der Waals surface area contributed by atoms with Crippen LogP contribution in [0.5, 0.6) is 11.5 Å². The number of methoxy groups -OCH3 is 2. The van der Waals surface area contributed by atoms with Gasteiger partial charge in [-0.2, -0.15) is 0 Å². The van der Waals surface area contributed by atoms with Gasteiger partial charge in [0, 0.05) is 12.6 Å². The lowest BCUT2D eigenvalue weighted by Gasteiger charge is -2.37. The standard InChI is InChI=1S/C35H35N5O5/c1-42-27-14-10-25(11-15-27)35(24-8-4-3-5-9-24,26-12-16-28(43-2)17-13-26)44-21-30-29(41)19-31(45-30)40-20-23(7-6-18-36)32-33(37)38-22-39-34(32)40/h3-5,8-17,20,22,29-31,41H,18-19,21,36H2,1-2H3,(H2,37,38,39)/t29-,30+,31+/m0/s1. The van der Waals surface area contributed by atoms with E-state index in [1.54, 1.807) is 14.2 Å². The van der Waals surface area contributed by atoms with E-state index >= 15 is 0 Å². The Kier molecular flexibility index (Phi) is 8.69. The smallest absolute Gasteiger partial charge is 0.148 e. The number of aliphatic hydroxyl groups excluding tert-OH is 1. The molecule has 0 aliphatic carbocycles. The average Bonchev–Trinajstić information content (AvgIpc) is 3.65. The first-order valence-electron chi connectivity index (χ1n) is 14.6. The first-order chi connectivity index (χ1) is 22.0. The van der Waals surface area contributed by atoms with Crippen molar-refractivity contribution in [2.45, 2.75) is 30.5 Å². The van der Waals surface area contributed by atoms with E-state index in [4.69, 9.17) is 30.4 Å². The molecule has 0 bridgehead atoms. The summed E-state index contributed by atoms with van der Waals surface area (Å²) < 4.78 is 26.2. The fourth-order valence-electron chi connectivity index (χ4n) is 5.89. The Morgan fingerprint density at radius 2 is 1.56 bits per heavy atom. The summed E-state index contributed by atoms with van der Waals surface area (Å²) >= 11 is 0. The number of hydrogen-bond acceptors (Lipinski definition) is 9. The van der Waals surface area contributed by atoms with Gasteiger partial charge in [-0.1, -0.05) is 66.4 Å². The fraction of sp³-hybridized carbons (Fsp3) is 0.257. The molecular formula is C35H35N5O5. The number of anilines is 1. The third kappa shape index (κ3) is 5.70. The molecule has 5 N–H and O–H groups in total. The quantitative estimate of drug-likeness (QED) is 0.168. The number of benzene rings is 3. The van der Waals surface area contributed by atoms with E-state index in [2.05, 4.69) is 21.8 Å². The normalized spacial score (nSPS) is 18.0. The number of ether oxygens (including phenoxy) is 4. The second-order valence-corrected chi connectivity index (χ2v) is 10.7. The van der Waals surface area contributed by atoms with E-state index in [0.717, 1.165) is 28.2 Å². The topological polar surface area (TPSA) is 140 Å². The van der Waals surface area contributed by atoms with Gasteiger partial charge in [0.25, 0.3) is 0 Å². The van der Waals surface area contributed by atoms with E-state index in [9.17, 15) is 5.11 Å². The first-order valence-corrected chi connectivity index (χ1v) is 14.6. The number of aliphatic hydroxyl groups is 1. The number of nitrogen functional groups attached to an aromatic ring is 1. The maximum absolute atomic E-state index is 11.3. The van der Waals surface area contributed by atoms with Gasteiger partial charge in [-0.25, -0.2) is 9.97 Å².